The summed E-state index contributed by atoms with van der Waals surface area (Å²) in [5.74, 6) is 0.543. The number of halogens is 2. The minimum Gasteiger partial charge on any atom is -0.337 e. The molecule has 0 spiro atoms. The number of hydrogen-bond donors (Lipinski definition) is 0. The number of pyridine rings is 1. The van der Waals surface area contributed by atoms with Crippen LogP contribution in [0.2, 0.25) is 10.2 Å². The number of aromatic nitrogens is 1. The van der Waals surface area contributed by atoms with E-state index in [0.717, 1.165) is 32.4 Å². The summed E-state index contributed by atoms with van der Waals surface area (Å²) in [5.41, 5.74) is 1.64. The Morgan fingerprint density at radius 2 is 1.79 bits per heavy atom. The number of aryl methyl sites for hydroxylation is 1. The van der Waals surface area contributed by atoms with Crippen molar-refractivity contribution in [3.63, 3.8) is 0 Å². The van der Waals surface area contributed by atoms with Gasteiger partial charge in [0.15, 0.2) is 0 Å². The largest absolute Gasteiger partial charge is 0.337 e. The molecule has 0 N–H and O–H groups in total. The van der Waals surface area contributed by atoms with Crippen LogP contribution in [0.4, 0.5) is 0 Å². The number of piperidine rings is 1. The predicted octanol–water partition coefficient (Wildman–Crippen LogP) is 4.87. The fraction of sp³-hybridized carbons (Fsp3) is 0.368. The van der Waals surface area contributed by atoms with Gasteiger partial charge in [-0.1, -0.05) is 53.5 Å². The molecule has 0 atom stereocenters. The summed E-state index contributed by atoms with van der Waals surface area (Å²) in [4.78, 5) is 18.5. The predicted molar refractivity (Wildman–Crippen MR) is 97.6 cm³/mol. The molecule has 1 aliphatic heterocycles. The van der Waals surface area contributed by atoms with E-state index in [1.807, 2.05) is 11.0 Å². The van der Waals surface area contributed by atoms with E-state index >= 15 is 0 Å². The Hall–Kier alpha value is -1.58. The number of carbonyl (C=O) groups is 1. The van der Waals surface area contributed by atoms with Crippen molar-refractivity contribution in [2.45, 2.75) is 25.7 Å². The van der Waals surface area contributed by atoms with Crippen LogP contribution in [0.15, 0.2) is 42.5 Å². The highest BCUT2D eigenvalue weighted by molar-refractivity contribution is 6.34. The monoisotopic (exact) mass is 362 g/mol. The number of nitrogens with zero attached hydrogens (tertiary/aromatic N) is 2. The molecule has 0 unspecified atom stereocenters. The van der Waals surface area contributed by atoms with Crippen molar-refractivity contribution in [3.8, 4) is 0 Å². The first-order valence-electron chi connectivity index (χ1n) is 8.29. The molecule has 0 saturated carbocycles. The molecule has 0 bridgehead atoms. The van der Waals surface area contributed by atoms with E-state index in [1.165, 1.54) is 12.0 Å². The van der Waals surface area contributed by atoms with Crippen molar-refractivity contribution in [3.05, 3.63) is 63.9 Å². The molecule has 2 aromatic rings. The SMILES string of the molecule is O=C(c1nc(Cl)ccc1Cl)N1CCC(CCc2ccccc2)CC1. The Bertz CT molecular complexity index is 698. The molecular weight excluding hydrogens is 343 g/mol. The van der Waals surface area contributed by atoms with E-state index < -0.39 is 0 Å². The first kappa shape index (κ1) is 17.2. The second-order valence-corrected chi connectivity index (χ2v) is 7.02. The number of benzene rings is 1. The van der Waals surface area contributed by atoms with E-state index in [-0.39, 0.29) is 11.6 Å². The van der Waals surface area contributed by atoms with E-state index in [2.05, 4.69) is 29.2 Å². The number of likely N-dealkylation sites (tertiary alicyclic amines) is 1. The summed E-state index contributed by atoms with van der Waals surface area (Å²) >= 11 is 12.0. The molecule has 1 amide bonds. The van der Waals surface area contributed by atoms with Crippen LogP contribution in [0, 0.1) is 5.92 Å². The summed E-state index contributed by atoms with van der Waals surface area (Å²) in [5, 5.41) is 0.649. The highest BCUT2D eigenvalue weighted by atomic mass is 35.5. The molecular formula is C19H20Cl2N2O. The number of rotatable bonds is 4. The number of amides is 1. The van der Waals surface area contributed by atoms with Crippen LogP contribution in [0.5, 0.6) is 0 Å². The third kappa shape index (κ3) is 4.28. The molecule has 1 aliphatic rings. The van der Waals surface area contributed by atoms with E-state index in [9.17, 15) is 4.79 Å². The summed E-state index contributed by atoms with van der Waals surface area (Å²) in [6.45, 7) is 1.51. The van der Waals surface area contributed by atoms with Crippen LogP contribution in [-0.2, 0) is 6.42 Å². The quantitative estimate of drug-likeness (QED) is 0.726. The van der Waals surface area contributed by atoms with Crippen LogP contribution in [0.25, 0.3) is 0 Å². The molecule has 24 heavy (non-hydrogen) atoms. The van der Waals surface area contributed by atoms with Crippen molar-refractivity contribution in [1.29, 1.82) is 0 Å². The van der Waals surface area contributed by atoms with Gasteiger partial charge in [0, 0.05) is 13.1 Å². The number of carbonyl (C=O) groups excluding carboxylic acids is 1. The summed E-state index contributed by atoms with van der Waals surface area (Å²) < 4.78 is 0. The molecule has 3 rings (SSSR count). The van der Waals surface area contributed by atoms with Gasteiger partial charge in [0.1, 0.15) is 10.8 Å². The Morgan fingerprint density at radius 1 is 1.08 bits per heavy atom. The molecule has 3 nitrogen and oxygen atoms in total. The van der Waals surface area contributed by atoms with Gasteiger partial charge in [-0.3, -0.25) is 4.79 Å². The van der Waals surface area contributed by atoms with Crippen molar-refractivity contribution >= 4 is 29.1 Å². The zero-order valence-electron chi connectivity index (χ0n) is 13.4. The molecule has 5 heteroatoms. The third-order valence-corrected chi connectivity index (χ3v) is 5.12. The van der Waals surface area contributed by atoms with Crippen molar-refractivity contribution in [1.82, 2.24) is 9.88 Å². The van der Waals surface area contributed by atoms with E-state index in [4.69, 9.17) is 23.2 Å². The second kappa shape index (κ2) is 8.00. The molecule has 1 fully saturated rings. The highest BCUT2D eigenvalue weighted by Gasteiger charge is 2.25. The Morgan fingerprint density at radius 3 is 2.50 bits per heavy atom. The third-order valence-electron chi connectivity index (χ3n) is 4.60. The molecule has 1 aromatic carbocycles. The molecule has 2 heterocycles. The molecule has 1 aromatic heterocycles. The maximum Gasteiger partial charge on any atom is 0.274 e. The summed E-state index contributed by atoms with van der Waals surface area (Å²) in [7, 11) is 0. The number of hydrogen-bond acceptors (Lipinski definition) is 2. The first-order valence-corrected chi connectivity index (χ1v) is 9.04. The summed E-state index contributed by atoms with van der Waals surface area (Å²) in [6, 6.07) is 13.8. The lowest BCUT2D eigenvalue weighted by Gasteiger charge is -2.32. The molecule has 0 aliphatic carbocycles. The van der Waals surface area contributed by atoms with Gasteiger partial charge in [-0.05, 0) is 49.3 Å². The zero-order valence-corrected chi connectivity index (χ0v) is 14.9. The average molecular weight is 363 g/mol. The maximum absolute atomic E-state index is 12.6. The van der Waals surface area contributed by atoms with Gasteiger partial charge in [0.25, 0.3) is 5.91 Å². The molecule has 1 saturated heterocycles. The first-order chi connectivity index (χ1) is 11.6. The smallest absolute Gasteiger partial charge is 0.274 e. The van der Waals surface area contributed by atoms with Gasteiger partial charge in [-0.25, -0.2) is 4.98 Å². The van der Waals surface area contributed by atoms with E-state index in [1.54, 1.807) is 12.1 Å². The van der Waals surface area contributed by atoms with Crippen molar-refractivity contribution in [2.24, 2.45) is 5.92 Å². The minimum atomic E-state index is -0.121. The lowest BCUT2D eigenvalue weighted by atomic mass is 9.90. The zero-order chi connectivity index (χ0) is 16.9. The van der Waals surface area contributed by atoms with Crippen LogP contribution in [-0.4, -0.2) is 28.9 Å². The van der Waals surface area contributed by atoms with Crippen LogP contribution in [0.3, 0.4) is 0 Å². The van der Waals surface area contributed by atoms with Crippen LogP contribution >= 0.6 is 23.2 Å². The fourth-order valence-electron chi connectivity index (χ4n) is 3.16. The average Bonchev–Trinajstić information content (AvgIpc) is 2.63. The standard InChI is InChI=1S/C19H20Cl2N2O/c20-16-8-9-17(21)22-18(16)19(24)23-12-10-15(11-13-23)7-6-14-4-2-1-3-5-14/h1-5,8-9,15H,6-7,10-13H2. The fourth-order valence-corrected chi connectivity index (χ4v) is 3.49. The van der Waals surface area contributed by atoms with Crippen LogP contribution < -0.4 is 0 Å². The summed E-state index contributed by atoms with van der Waals surface area (Å²) in [6.07, 6.45) is 4.32. The van der Waals surface area contributed by atoms with Gasteiger partial charge in [0.05, 0.1) is 5.02 Å². The Balaban J connectivity index is 1.53. The topological polar surface area (TPSA) is 33.2 Å². The van der Waals surface area contributed by atoms with Crippen LogP contribution in [0.1, 0.15) is 35.3 Å². The maximum atomic E-state index is 12.6. The second-order valence-electron chi connectivity index (χ2n) is 6.22. The highest BCUT2D eigenvalue weighted by Crippen LogP contribution is 2.25. The van der Waals surface area contributed by atoms with Gasteiger partial charge >= 0.3 is 0 Å². The lowest BCUT2D eigenvalue weighted by Crippen LogP contribution is -2.39. The van der Waals surface area contributed by atoms with Gasteiger partial charge in [0.2, 0.25) is 0 Å². The Labute approximate surface area is 152 Å². The van der Waals surface area contributed by atoms with Gasteiger partial charge in [-0.2, -0.15) is 0 Å². The van der Waals surface area contributed by atoms with Crippen molar-refractivity contribution < 1.29 is 4.79 Å². The molecule has 126 valence electrons. The normalized spacial score (nSPS) is 15.5. The van der Waals surface area contributed by atoms with Gasteiger partial charge < -0.3 is 4.90 Å². The van der Waals surface area contributed by atoms with Gasteiger partial charge in [-0.15, -0.1) is 0 Å². The lowest BCUT2D eigenvalue weighted by molar-refractivity contribution is 0.0681. The van der Waals surface area contributed by atoms with Crippen molar-refractivity contribution in [2.75, 3.05) is 13.1 Å². The minimum absolute atomic E-state index is 0.121. The molecule has 0 radical (unpaired) electrons. The Kier molecular flexibility index (Phi) is 5.75. The van der Waals surface area contributed by atoms with E-state index in [0.29, 0.717) is 16.1 Å².